The Morgan fingerprint density at radius 1 is 1.14 bits per heavy atom. The molecule has 3 aromatic rings. The van der Waals surface area contributed by atoms with E-state index < -0.39 is 5.92 Å². The molecule has 0 bridgehead atoms. The molecule has 2 N–H and O–H groups in total. The predicted octanol–water partition coefficient (Wildman–Crippen LogP) is 5.23. The van der Waals surface area contributed by atoms with Crippen molar-refractivity contribution in [3.63, 3.8) is 0 Å². The van der Waals surface area contributed by atoms with Gasteiger partial charge in [0.1, 0.15) is 17.4 Å². The van der Waals surface area contributed by atoms with Crippen LogP contribution in [0.25, 0.3) is 10.8 Å². The van der Waals surface area contributed by atoms with Crippen molar-refractivity contribution >= 4 is 26.7 Å². The number of allylic oxidation sites excluding steroid dienone is 1. The van der Waals surface area contributed by atoms with Crippen LogP contribution >= 0.6 is 15.9 Å². The van der Waals surface area contributed by atoms with Crippen LogP contribution in [0.4, 0.5) is 0 Å². The summed E-state index contributed by atoms with van der Waals surface area (Å²) in [5.41, 5.74) is 8.27. The summed E-state index contributed by atoms with van der Waals surface area (Å²) in [5, 5.41) is 11.8. The van der Waals surface area contributed by atoms with Gasteiger partial charge in [0, 0.05) is 15.4 Å². The minimum Gasteiger partial charge on any atom is -0.493 e. The summed E-state index contributed by atoms with van der Waals surface area (Å²) in [6.07, 6.45) is 0. The summed E-state index contributed by atoms with van der Waals surface area (Å²) in [6.45, 7) is 2.43. The van der Waals surface area contributed by atoms with Crippen molar-refractivity contribution < 1.29 is 14.2 Å². The maximum absolute atomic E-state index is 9.85. The molecule has 0 spiro atoms. The number of methoxy groups -OCH3 is 1. The summed E-state index contributed by atoms with van der Waals surface area (Å²) < 4.78 is 17.9. The number of fused-ring (bicyclic) bond motifs is 3. The van der Waals surface area contributed by atoms with Crippen LogP contribution in [0.2, 0.25) is 0 Å². The first kappa shape index (κ1) is 19.2. The maximum Gasteiger partial charge on any atom is 0.205 e. The third kappa shape index (κ3) is 3.18. The van der Waals surface area contributed by atoms with Gasteiger partial charge in [-0.05, 0) is 30.0 Å². The maximum atomic E-state index is 9.85. The van der Waals surface area contributed by atoms with Crippen molar-refractivity contribution in [3.8, 4) is 23.3 Å². The lowest BCUT2D eigenvalue weighted by Gasteiger charge is -2.28. The Bertz CT molecular complexity index is 1180. The summed E-state index contributed by atoms with van der Waals surface area (Å²) >= 11 is 3.65. The fourth-order valence-electron chi connectivity index (χ4n) is 3.71. The third-order valence-electron chi connectivity index (χ3n) is 5.00. The molecule has 1 aliphatic rings. The number of benzene rings is 3. The van der Waals surface area contributed by atoms with E-state index in [9.17, 15) is 5.26 Å². The molecular weight excluding hydrogens is 432 g/mol. The van der Waals surface area contributed by atoms with Gasteiger partial charge in [-0.2, -0.15) is 5.26 Å². The number of hydrogen-bond acceptors (Lipinski definition) is 5. The van der Waals surface area contributed by atoms with Gasteiger partial charge in [-0.3, -0.25) is 0 Å². The fraction of sp³-hybridized carbons (Fsp3) is 0.174. The van der Waals surface area contributed by atoms with Crippen LogP contribution in [0, 0.1) is 11.3 Å². The number of ether oxygens (including phenoxy) is 3. The molecule has 1 heterocycles. The molecule has 0 saturated carbocycles. The van der Waals surface area contributed by atoms with Gasteiger partial charge in [-0.15, -0.1) is 0 Å². The summed E-state index contributed by atoms with van der Waals surface area (Å²) in [7, 11) is 1.59. The molecule has 0 amide bonds. The van der Waals surface area contributed by atoms with Gasteiger partial charge in [-0.1, -0.05) is 52.3 Å². The van der Waals surface area contributed by atoms with E-state index in [0.717, 1.165) is 26.4 Å². The van der Waals surface area contributed by atoms with E-state index in [4.69, 9.17) is 19.9 Å². The van der Waals surface area contributed by atoms with Crippen LogP contribution in [0.1, 0.15) is 24.0 Å². The molecular formula is C23H19BrN2O3. The van der Waals surface area contributed by atoms with Crippen LogP contribution in [0.3, 0.4) is 0 Å². The van der Waals surface area contributed by atoms with Gasteiger partial charge in [0.25, 0.3) is 0 Å². The molecule has 3 aromatic carbocycles. The first-order valence-corrected chi connectivity index (χ1v) is 9.97. The zero-order valence-corrected chi connectivity index (χ0v) is 17.6. The molecule has 1 atom stereocenters. The molecule has 6 heteroatoms. The van der Waals surface area contributed by atoms with Crippen LogP contribution < -0.4 is 19.9 Å². The largest absolute Gasteiger partial charge is 0.493 e. The predicted molar refractivity (Wildman–Crippen MR) is 115 cm³/mol. The number of nitrogens with two attached hydrogens (primary N) is 1. The molecule has 4 rings (SSSR count). The normalized spacial score (nSPS) is 15.4. The Hall–Kier alpha value is -3.17. The Morgan fingerprint density at radius 2 is 1.93 bits per heavy atom. The molecule has 0 aliphatic carbocycles. The molecule has 1 aliphatic heterocycles. The fourth-order valence-corrected chi connectivity index (χ4v) is 4.26. The number of nitriles is 1. The highest BCUT2D eigenvalue weighted by Crippen LogP contribution is 2.48. The second-order valence-corrected chi connectivity index (χ2v) is 7.44. The topological polar surface area (TPSA) is 77.5 Å². The lowest BCUT2D eigenvalue weighted by atomic mass is 9.82. The first-order valence-electron chi connectivity index (χ1n) is 9.18. The monoisotopic (exact) mass is 450 g/mol. The minimum absolute atomic E-state index is 0.112. The average molecular weight is 451 g/mol. The van der Waals surface area contributed by atoms with Crippen molar-refractivity contribution in [3.05, 3.63) is 75.6 Å². The van der Waals surface area contributed by atoms with E-state index in [0.29, 0.717) is 29.4 Å². The van der Waals surface area contributed by atoms with E-state index >= 15 is 0 Å². The summed E-state index contributed by atoms with van der Waals surface area (Å²) in [5.74, 6) is 1.61. The highest BCUT2D eigenvalue weighted by Gasteiger charge is 2.33. The highest BCUT2D eigenvalue weighted by molar-refractivity contribution is 9.10. The van der Waals surface area contributed by atoms with Gasteiger partial charge in [-0.25, -0.2) is 0 Å². The SMILES string of the molecule is CCOc1cc(Br)c([C@H]2C(C#N)=C(N)Oc3c2ccc2ccccc32)cc1OC. The molecule has 29 heavy (non-hydrogen) atoms. The van der Waals surface area contributed by atoms with Crippen LogP contribution in [-0.4, -0.2) is 13.7 Å². The van der Waals surface area contributed by atoms with Gasteiger partial charge in [0.15, 0.2) is 11.5 Å². The second kappa shape index (κ2) is 7.69. The van der Waals surface area contributed by atoms with Crippen LogP contribution in [-0.2, 0) is 0 Å². The summed E-state index contributed by atoms with van der Waals surface area (Å²) in [4.78, 5) is 0. The second-order valence-electron chi connectivity index (χ2n) is 6.59. The van der Waals surface area contributed by atoms with E-state index in [-0.39, 0.29) is 5.88 Å². The Labute approximate surface area is 177 Å². The standard InChI is InChI=1S/C23H19BrN2O3/c1-3-28-20-11-18(24)16(10-19(20)27-2)21-15-9-8-13-6-4-5-7-14(13)22(15)29-23(26)17(21)12-25/h4-11,21H,3,26H2,1-2H3/t21-/m0/s1. The quantitative estimate of drug-likeness (QED) is 0.588. The highest BCUT2D eigenvalue weighted by atomic mass is 79.9. The van der Waals surface area contributed by atoms with Crippen molar-refractivity contribution in [2.45, 2.75) is 12.8 Å². The molecule has 0 unspecified atom stereocenters. The lowest BCUT2D eigenvalue weighted by molar-refractivity contribution is 0.310. The molecule has 146 valence electrons. The van der Waals surface area contributed by atoms with E-state index in [2.05, 4.69) is 22.0 Å². The first-order chi connectivity index (χ1) is 14.1. The van der Waals surface area contributed by atoms with Crippen molar-refractivity contribution in [2.75, 3.05) is 13.7 Å². The number of nitrogens with zero attached hydrogens (tertiary/aromatic N) is 1. The Morgan fingerprint density at radius 3 is 2.66 bits per heavy atom. The van der Waals surface area contributed by atoms with Crippen LogP contribution in [0.5, 0.6) is 17.2 Å². The van der Waals surface area contributed by atoms with Gasteiger partial charge in [0.05, 0.1) is 19.6 Å². The van der Waals surface area contributed by atoms with Gasteiger partial charge in [0.2, 0.25) is 5.88 Å². The lowest BCUT2D eigenvalue weighted by Crippen LogP contribution is -2.21. The number of rotatable bonds is 4. The van der Waals surface area contributed by atoms with Gasteiger partial charge < -0.3 is 19.9 Å². The number of hydrogen-bond donors (Lipinski definition) is 1. The van der Waals surface area contributed by atoms with Crippen molar-refractivity contribution in [1.82, 2.24) is 0 Å². The Balaban J connectivity index is 1.98. The van der Waals surface area contributed by atoms with E-state index in [1.54, 1.807) is 7.11 Å². The zero-order valence-electron chi connectivity index (χ0n) is 16.0. The number of halogens is 1. The third-order valence-corrected chi connectivity index (χ3v) is 5.69. The molecule has 0 saturated heterocycles. The smallest absolute Gasteiger partial charge is 0.205 e. The average Bonchev–Trinajstić information content (AvgIpc) is 2.73. The van der Waals surface area contributed by atoms with Crippen molar-refractivity contribution in [2.24, 2.45) is 5.73 Å². The molecule has 0 radical (unpaired) electrons. The van der Waals surface area contributed by atoms with Gasteiger partial charge >= 0.3 is 0 Å². The Kier molecular flexibility index (Phi) is 5.08. The summed E-state index contributed by atoms with van der Waals surface area (Å²) in [6, 6.07) is 17.9. The minimum atomic E-state index is -0.396. The van der Waals surface area contributed by atoms with Crippen molar-refractivity contribution in [1.29, 1.82) is 5.26 Å². The zero-order chi connectivity index (χ0) is 20.5. The molecule has 5 nitrogen and oxygen atoms in total. The molecule has 0 fully saturated rings. The van der Waals surface area contributed by atoms with Crippen LogP contribution in [0.15, 0.2) is 64.5 Å². The van der Waals surface area contributed by atoms with E-state index in [1.807, 2.05) is 55.5 Å². The van der Waals surface area contributed by atoms with E-state index in [1.165, 1.54) is 0 Å². The molecule has 0 aromatic heterocycles.